The highest BCUT2D eigenvalue weighted by Crippen LogP contribution is 2.33. The van der Waals surface area contributed by atoms with Crippen molar-refractivity contribution >= 4 is 38.6 Å². The Kier molecular flexibility index (Phi) is 7.04. The zero-order valence-corrected chi connectivity index (χ0v) is 20.4. The summed E-state index contributed by atoms with van der Waals surface area (Å²) in [5, 5.41) is 3.35. The molecule has 0 bridgehead atoms. The molecule has 2 aromatic carbocycles. The van der Waals surface area contributed by atoms with Gasteiger partial charge in [0.2, 0.25) is 0 Å². The van der Waals surface area contributed by atoms with Crippen LogP contribution in [0.5, 0.6) is 0 Å². The van der Waals surface area contributed by atoms with Gasteiger partial charge in [-0.15, -0.1) is 0 Å². The third kappa shape index (κ3) is 4.85. The van der Waals surface area contributed by atoms with Gasteiger partial charge in [0.15, 0.2) is 5.13 Å². The molecule has 0 aliphatic carbocycles. The van der Waals surface area contributed by atoms with Gasteiger partial charge in [0, 0.05) is 24.0 Å². The van der Waals surface area contributed by atoms with Crippen LogP contribution in [0.25, 0.3) is 10.2 Å². The van der Waals surface area contributed by atoms with Gasteiger partial charge in [-0.05, 0) is 56.4 Å². The van der Waals surface area contributed by atoms with Crippen molar-refractivity contribution in [2.45, 2.75) is 25.4 Å². The molecule has 0 aliphatic heterocycles. The Hall–Kier alpha value is -3.56. The monoisotopic (exact) mass is 477 g/mol. The lowest BCUT2D eigenvalue weighted by Crippen LogP contribution is -2.36. The normalized spacial score (nSPS) is 13.1. The average Bonchev–Trinajstić information content (AvgIpc) is 3.51. The van der Waals surface area contributed by atoms with E-state index in [0.29, 0.717) is 16.3 Å². The molecule has 0 saturated carbocycles. The molecular formula is C25H27N5O3S. The molecule has 9 heteroatoms. The highest BCUT2D eigenvalue weighted by atomic mass is 32.1. The first-order valence-corrected chi connectivity index (χ1v) is 11.8. The molecule has 34 heavy (non-hydrogen) atoms. The summed E-state index contributed by atoms with van der Waals surface area (Å²) < 4.78 is 7.85. The number of aromatic nitrogens is 3. The number of likely N-dealkylation sites (N-methyl/N-ethyl adjacent to an activating group) is 1. The Morgan fingerprint density at radius 3 is 2.65 bits per heavy atom. The van der Waals surface area contributed by atoms with Crippen molar-refractivity contribution in [1.82, 2.24) is 19.4 Å². The molecular weight excluding hydrogens is 450 g/mol. The van der Waals surface area contributed by atoms with Crippen LogP contribution in [0.1, 0.15) is 45.7 Å². The Balaban J connectivity index is 1.62. The number of imidazole rings is 1. The van der Waals surface area contributed by atoms with E-state index in [1.807, 2.05) is 18.6 Å². The topological polar surface area (TPSA) is 89.3 Å². The van der Waals surface area contributed by atoms with E-state index in [1.54, 1.807) is 24.4 Å². The van der Waals surface area contributed by atoms with Gasteiger partial charge in [-0.1, -0.05) is 30.4 Å². The van der Waals surface area contributed by atoms with E-state index in [-0.39, 0.29) is 18.0 Å². The Bertz CT molecular complexity index is 1300. The molecule has 1 N–H and O–H groups in total. The molecule has 8 nitrogen and oxygen atoms in total. The van der Waals surface area contributed by atoms with Crippen LogP contribution in [0.15, 0.2) is 61.2 Å². The molecule has 2 aromatic heterocycles. The summed E-state index contributed by atoms with van der Waals surface area (Å²) in [6.45, 7) is 2.18. The van der Waals surface area contributed by atoms with Crippen LogP contribution in [0.3, 0.4) is 0 Å². The van der Waals surface area contributed by atoms with Gasteiger partial charge < -0.3 is 14.2 Å². The number of fused-ring (bicyclic) bond motifs is 1. The number of amides is 1. The maximum atomic E-state index is 12.8. The highest BCUT2D eigenvalue weighted by molar-refractivity contribution is 7.22. The molecule has 2 unspecified atom stereocenters. The summed E-state index contributed by atoms with van der Waals surface area (Å²) in [6.07, 6.45) is 6.61. The predicted octanol–water partition coefficient (Wildman–Crippen LogP) is 4.46. The van der Waals surface area contributed by atoms with Gasteiger partial charge in [-0.2, -0.15) is 0 Å². The minimum absolute atomic E-state index is 0.0908. The maximum absolute atomic E-state index is 12.8. The van der Waals surface area contributed by atoms with Crippen molar-refractivity contribution in [3.63, 3.8) is 0 Å². The molecule has 0 spiro atoms. The summed E-state index contributed by atoms with van der Waals surface area (Å²) >= 11 is 1.42. The van der Waals surface area contributed by atoms with E-state index in [1.165, 1.54) is 24.5 Å². The van der Waals surface area contributed by atoms with Crippen molar-refractivity contribution in [2.75, 3.05) is 26.5 Å². The van der Waals surface area contributed by atoms with Gasteiger partial charge in [-0.25, -0.2) is 14.8 Å². The summed E-state index contributed by atoms with van der Waals surface area (Å²) in [7, 11) is 5.49. The summed E-state index contributed by atoms with van der Waals surface area (Å²) in [5.74, 6) is -0.822. The number of ether oxygens (including phenoxy) is 1. The fourth-order valence-electron chi connectivity index (χ4n) is 4.15. The zero-order valence-electron chi connectivity index (χ0n) is 19.6. The Labute approximate surface area is 202 Å². The summed E-state index contributed by atoms with van der Waals surface area (Å²) in [6, 6.07) is 13.0. The van der Waals surface area contributed by atoms with Crippen LogP contribution in [0.2, 0.25) is 0 Å². The lowest BCUT2D eigenvalue weighted by molar-refractivity contribution is 0.0600. The maximum Gasteiger partial charge on any atom is 0.337 e. The number of anilines is 1. The second-order valence-electron chi connectivity index (χ2n) is 8.17. The molecule has 4 aromatic rings. The smallest absolute Gasteiger partial charge is 0.337 e. The van der Waals surface area contributed by atoms with Crippen molar-refractivity contribution in [2.24, 2.45) is 0 Å². The van der Waals surface area contributed by atoms with Gasteiger partial charge in [0.05, 0.1) is 35.3 Å². The van der Waals surface area contributed by atoms with E-state index >= 15 is 0 Å². The molecule has 2 atom stereocenters. The molecule has 0 aliphatic rings. The van der Waals surface area contributed by atoms with Crippen LogP contribution >= 0.6 is 11.3 Å². The largest absolute Gasteiger partial charge is 0.465 e. The van der Waals surface area contributed by atoms with E-state index in [0.717, 1.165) is 22.2 Å². The molecule has 4 rings (SSSR count). The van der Waals surface area contributed by atoms with Crippen molar-refractivity contribution in [3.05, 3.63) is 77.9 Å². The summed E-state index contributed by atoms with van der Waals surface area (Å²) in [5.41, 5.74) is 2.65. The van der Waals surface area contributed by atoms with Crippen LogP contribution in [0, 0.1) is 0 Å². The van der Waals surface area contributed by atoms with Gasteiger partial charge >= 0.3 is 5.97 Å². The predicted molar refractivity (Wildman–Crippen MR) is 133 cm³/mol. The number of esters is 1. The Morgan fingerprint density at radius 2 is 1.97 bits per heavy atom. The fraction of sp³-hybridized carbons (Fsp3) is 0.280. The molecule has 176 valence electrons. The standard InChI is InChI=1S/C25H27N5O3S/c1-5-20(29(2)3)22(30-12-11-26-15-30)16-9-10-19-21(14-16)34-25(27-19)28-23(31)17-7-6-8-18(13-17)24(32)33-4/h6-15,20,22H,5H2,1-4H3,(H,27,28,31). The molecule has 0 fully saturated rings. The fourth-order valence-corrected chi connectivity index (χ4v) is 5.06. The highest BCUT2D eigenvalue weighted by Gasteiger charge is 2.26. The van der Waals surface area contributed by atoms with Crippen LogP contribution in [-0.4, -0.2) is 58.6 Å². The number of rotatable bonds is 8. The first-order chi connectivity index (χ1) is 16.4. The van der Waals surface area contributed by atoms with Gasteiger partial charge in [0.25, 0.3) is 5.91 Å². The number of carbonyl (C=O) groups is 2. The van der Waals surface area contributed by atoms with Crippen molar-refractivity contribution in [1.29, 1.82) is 0 Å². The lowest BCUT2D eigenvalue weighted by atomic mass is 9.96. The second-order valence-corrected chi connectivity index (χ2v) is 9.20. The number of hydrogen-bond acceptors (Lipinski definition) is 7. The average molecular weight is 478 g/mol. The number of hydrogen-bond donors (Lipinski definition) is 1. The minimum atomic E-state index is -0.488. The van der Waals surface area contributed by atoms with E-state index in [4.69, 9.17) is 4.74 Å². The van der Waals surface area contributed by atoms with Gasteiger partial charge in [-0.3, -0.25) is 10.1 Å². The number of nitrogens with one attached hydrogen (secondary N) is 1. The van der Waals surface area contributed by atoms with Crippen LogP contribution < -0.4 is 5.32 Å². The van der Waals surface area contributed by atoms with Crippen LogP contribution in [0.4, 0.5) is 5.13 Å². The number of methoxy groups -OCH3 is 1. The molecule has 1 amide bonds. The van der Waals surface area contributed by atoms with Gasteiger partial charge in [0.1, 0.15) is 0 Å². The van der Waals surface area contributed by atoms with E-state index in [2.05, 4.69) is 57.9 Å². The van der Waals surface area contributed by atoms with E-state index < -0.39 is 5.97 Å². The molecule has 0 saturated heterocycles. The first-order valence-electron chi connectivity index (χ1n) is 10.9. The number of carbonyl (C=O) groups excluding carboxylic acids is 2. The van der Waals surface area contributed by atoms with E-state index in [9.17, 15) is 9.59 Å². The van der Waals surface area contributed by atoms with Crippen molar-refractivity contribution < 1.29 is 14.3 Å². The molecule has 2 heterocycles. The number of benzene rings is 2. The number of nitrogens with zero attached hydrogens (tertiary/aromatic N) is 4. The molecule has 0 radical (unpaired) electrons. The minimum Gasteiger partial charge on any atom is -0.465 e. The Morgan fingerprint density at radius 1 is 1.18 bits per heavy atom. The SMILES string of the molecule is CCC(C(c1ccc2nc(NC(=O)c3cccc(C(=O)OC)c3)sc2c1)n1ccnc1)N(C)C. The van der Waals surface area contributed by atoms with Crippen molar-refractivity contribution in [3.8, 4) is 0 Å². The third-order valence-electron chi connectivity index (χ3n) is 5.81. The zero-order chi connectivity index (χ0) is 24.2. The first kappa shape index (κ1) is 23.6. The second kappa shape index (κ2) is 10.1. The lowest BCUT2D eigenvalue weighted by Gasteiger charge is -2.33. The summed E-state index contributed by atoms with van der Waals surface area (Å²) in [4.78, 5) is 35.6. The third-order valence-corrected chi connectivity index (χ3v) is 6.75. The van der Waals surface area contributed by atoms with Crippen LogP contribution in [-0.2, 0) is 4.74 Å². The number of thiazole rings is 1. The quantitative estimate of drug-likeness (QED) is 0.377.